The highest BCUT2D eigenvalue weighted by Crippen LogP contribution is 2.27. The average molecular weight is 283 g/mol. The molecule has 3 rings (SSSR count). The number of aryl methyl sites for hydroxylation is 1. The summed E-state index contributed by atoms with van der Waals surface area (Å²) in [6, 6.07) is 15.0. The van der Waals surface area contributed by atoms with Crippen LogP contribution >= 0.6 is 0 Å². The summed E-state index contributed by atoms with van der Waals surface area (Å²) in [5, 5.41) is 12.9. The van der Waals surface area contributed by atoms with E-state index in [1.165, 1.54) is 0 Å². The molecule has 0 radical (unpaired) electrons. The van der Waals surface area contributed by atoms with Gasteiger partial charge in [-0.05, 0) is 35.7 Å². The Morgan fingerprint density at radius 3 is 2.76 bits per heavy atom. The molecule has 0 fully saturated rings. The Labute approximate surface area is 123 Å². The van der Waals surface area contributed by atoms with Crippen LogP contribution < -0.4 is 10.1 Å². The number of hydrogen-bond acceptors (Lipinski definition) is 3. The van der Waals surface area contributed by atoms with Crippen molar-refractivity contribution in [2.24, 2.45) is 0 Å². The lowest BCUT2D eigenvalue weighted by molar-refractivity contribution is -0.116. The Morgan fingerprint density at radius 2 is 1.95 bits per heavy atom. The van der Waals surface area contributed by atoms with E-state index >= 15 is 0 Å². The lowest BCUT2D eigenvalue weighted by atomic mass is 10.0. The molecule has 2 N–H and O–H groups in total. The van der Waals surface area contributed by atoms with Gasteiger partial charge in [0, 0.05) is 12.1 Å². The third-order valence-corrected chi connectivity index (χ3v) is 3.56. The molecule has 108 valence electrons. The third kappa shape index (κ3) is 3.23. The number of rotatable bonds is 4. The van der Waals surface area contributed by atoms with Crippen molar-refractivity contribution >= 4 is 11.6 Å². The minimum absolute atomic E-state index is 0.0515. The summed E-state index contributed by atoms with van der Waals surface area (Å²) >= 11 is 0. The number of aliphatic hydroxyl groups excluding tert-OH is 1. The van der Waals surface area contributed by atoms with E-state index in [1.807, 2.05) is 48.5 Å². The van der Waals surface area contributed by atoms with E-state index in [9.17, 15) is 9.90 Å². The number of amides is 1. The van der Waals surface area contributed by atoms with E-state index in [0.717, 1.165) is 23.2 Å². The van der Waals surface area contributed by atoms with Gasteiger partial charge in [-0.3, -0.25) is 4.79 Å². The van der Waals surface area contributed by atoms with Crippen molar-refractivity contribution in [1.29, 1.82) is 0 Å². The molecule has 0 saturated carbocycles. The zero-order valence-corrected chi connectivity index (χ0v) is 11.6. The number of benzene rings is 2. The van der Waals surface area contributed by atoms with Gasteiger partial charge in [0.25, 0.3) is 0 Å². The van der Waals surface area contributed by atoms with Gasteiger partial charge >= 0.3 is 0 Å². The molecule has 2 aromatic carbocycles. The maximum atomic E-state index is 11.3. The lowest BCUT2D eigenvalue weighted by Crippen LogP contribution is -2.19. The van der Waals surface area contributed by atoms with Gasteiger partial charge < -0.3 is 15.2 Å². The summed E-state index contributed by atoms with van der Waals surface area (Å²) in [7, 11) is 0. The summed E-state index contributed by atoms with van der Waals surface area (Å²) < 4.78 is 5.65. The van der Waals surface area contributed by atoms with Gasteiger partial charge in [0.15, 0.2) is 0 Å². The fraction of sp³-hybridized carbons (Fsp3) is 0.235. The van der Waals surface area contributed by atoms with E-state index in [4.69, 9.17) is 4.74 Å². The van der Waals surface area contributed by atoms with E-state index in [1.54, 1.807) is 0 Å². The molecule has 1 atom stereocenters. The van der Waals surface area contributed by atoms with Crippen molar-refractivity contribution in [1.82, 2.24) is 0 Å². The van der Waals surface area contributed by atoms with Gasteiger partial charge in [0.2, 0.25) is 5.91 Å². The van der Waals surface area contributed by atoms with Crippen LogP contribution in [0.4, 0.5) is 5.69 Å². The van der Waals surface area contributed by atoms with Crippen LogP contribution in [0.2, 0.25) is 0 Å². The second kappa shape index (κ2) is 5.97. The minimum atomic E-state index is -0.651. The second-order valence-corrected chi connectivity index (χ2v) is 5.10. The van der Waals surface area contributed by atoms with Gasteiger partial charge in [-0.25, -0.2) is 0 Å². The summed E-state index contributed by atoms with van der Waals surface area (Å²) in [6.45, 7) is 0.204. The van der Waals surface area contributed by atoms with Gasteiger partial charge in [-0.2, -0.15) is 0 Å². The summed E-state index contributed by atoms with van der Waals surface area (Å²) in [5.74, 6) is 0.760. The molecule has 1 unspecified atom stereocenters. The molecule has 0 aromatic heterocycles. The molecule has 2 aromatic rings. The molecule has 0 aliphatic carbocycles. The maximum Gasteiger partial charge on any atom is 0.224 e. The van der Waals surface area contributed by atoms with Crippen LogP contribution in [0.15, 0.2) is 48.5 Å². The quantitative estimate of drug-likeness (QED) is 0.907. The third-order valence-electron chi connectivity index (χ3n) is 3.56. The minimum Gasteiger partial charge on any atom is -0.491 e. The first-order chi connectivity index (χ1) is 10.2. The number of anilines is 1. The topological polar surface area (TPSA) is 58.6 Å². The molecule has 21 heavy (non-hydrogen) atoms. The van der Waals surface area contributed by atoms with Gasteiger partial charge in [-0.1, -0.05) is 30.3 Å². The van der Waals surface area contributed by atoms with Crippen LogP contribution in [0.25, 0.3) is 0 Å². The van der Waals surface area contributed by atoms with Crippen LogP contribution in [0, 0.1) is 0 Å². The van der Waals surface area contributed by atoms with Crippen LogP contribution in [0.5, 0.6) is 5.75 Å². The van der Waals surface area contributed by atoms with E-state index in [0.29, 0.717) is 12.2 Å². The van der Waals surface area contributed by atoms with Crippen molar-refractivity contribution in [2.45, 2.75) is 18.9 Å². The zero-order chi connectivity index (χ0) is 14.7. The smallest absolute Gasteiger partial charge is 0.224 e. The largest absolute Gasteiger partial charge is 0.491 e. The molecule has 1 aliphatic rings. The number of nitrogens with one attached hydrogen (secondary N) is 1. The molecule has 0 bridgehead atoms. The number of carbonyl (C=O) groups is 1. The number of carbonyl (C=O) groups excluding carboxylic acids is 1. The fourth-order valence-electron chi connectivity index (χ4n) is 2.40. The van der Waals surface area contributed by atoms with Crippen LogP contribution in [-0.2, 0) is 11.2 Å². The first-order valence-corrected chi connectivity index (χ1v) is 7.01. The average Bonchev–Trinajstić information content (AvgIpc) is 2.53. The molecule has 0 spiro atoms. The molecule has 4 heteroatoms. The molecule has 1 amide bonds. The molecule has 4 nitrogen and oxygen atoms in total. The summed E-state index contributed by atoms with van der Waals surface area (Å²) in [4.78, 5) is 11.3. The standard InChI is InChI=1S/C17H17NO3/c19-16(12-4-2-1-3-5-12)11-21-14-7-8-15-13(10-14)6-9-17(20)18-15/h1-5,7-8,10,16,19H,6,9,11H2,(H,18,20). The summed E-state index contributed by atoms with van der Waals surface area (Å²) in [5.41, 5.74) is 2.76. The highest BCUT2D eigenvalue weighted by Gasteiger charge is 2.15. The maximum absolute atomic E-state index is 11.3. The Balaban J connectivity index is 1.65. The monoisotopic (exact) mass is 283 g/mol. The van der Waals surface area contributed by atoms with Crippen molar-refractivity contribution in [3.63, 3.8) is 0 Å². The number of hydrogen-bond donors (Lipinski definition) is 2. The van der Waals surface area contributed by atoms with E-state index in [2.05, 4.69) is 5.32 Å². The fourth-order valence-corrected chi connectivity index (χ4v) is 2.40. The Morgan fingerprint density at radius 1 is 1.14 bits per heavy atom. The normalized spacial score (nSPS) is 15.0. The Hall–Kier alpha value is -2.33. The van der Waals surface area contributed by atoms with Crippen LogP contribution in [0.1, 0.15) is 23.7 Å². The summed E-state index contributed by atoms with van der Waals surface area (Å²) in [6.07, 6.45) is 0.574. The first kappa shape index (κ1) is 13.6. The predicted octanol–water partition coefficient (Wildman–Crippen LogP) is 2.68. The zero-order valence-electron chi connectivity index (χ0n) is 11.6. The molecule has 0 saturated heterocycles. The number of ether oxygens (including phenoxy) is 1. The van der Waals surface area contributed by atoms with Crippen molar-refractivity contribution in [2.75, 3.05) is 11.9 Å². The number of aliphatic hydroxyl groups is 1. The van der Waals surface area contributed by atoms with Gasteiger partial charge in [0.05, 0.1) is 0 Å². The lowest BCUT2D eigenvalue weighted by Gasteiger charge is -2.18. The second-order valence-electron chi connectivity index (χ2n) is 5.10. The van der Waals surface area contributed by atoms with E-state index < -0.39 is 6.10 Å². The van der Waals surface area contributed by atoms with E-state index in [-0.39, 0.29) is 12.5 Å². The van der Waals surface area contributed by atoms with Crippen molar-refractivity contribution in [3.8, 4) is 5.75 Å². The van der Waals surface area contributed by atoms with Crippen molar-refractivity contribution in [3.05, 3.63) is 59.7 Å². The highest BCUT2D eigenvalue weighted by molar-refractivity contribution is 5.93. The number of fused-ring (bicyclic) bond motifs is 1. The van der Waals surface area contributed by atoms with Gasteiger partial charge in [-0.15, -0.1) is 0 Å². The highest BCUT2D eigenvalue weighted by atomic mass is 16.5. The SMILES string of the molecule is O=C1CCc2cc(OCC(O)c3ccccc3)ccc2N1. The predicted molar refractivity (Wildman–Crippen MR) is 80.3 cm³/mol. The molecular weight excluding hydrogens is 266 g/mol. The van der Waals surface area contributed by atoms with Crippen LogP contribution in [0.3, 0.4) is 0 Å². The molecule has 1 heterocycles. The van der Waals surface area contributed by atoms with Crippen LogP contribution in [-0.4, -0.2) is 17.6 Å². The van der Waals surface area contributed by atoms with Crippen molar-refractivity contribution < 1.29 is 14.6 Å². The van der Waals surface area contributed by atoms with Gasteiger partial charge in [0.1, 0.15) is 18.5 Å². The Bertz CT molecular complexity index is 640. The molecular formula is C17H17NO3. The first-order valence-electron chi connectivity index (χ1n) is 7.01. The molecule has 1 aliphatic heterocycles. The Kier molecular flexibility index (Phi) is 3.88.